The van der Waals surface area contributed by atoms with Gasteiger partial charge >= 0.3 is 5.97 Å². The molecule has 0 amide bonds. The third-order valence-corrected chi connectivity index (χ3v) is 7.23. The van der Waals surface area contributed by atoms with Crippen LogP contribution in [0.2, 0.25) is 0 Å². The molecule has 0 bridgehead atoms. The third kappa shape index (κ3) is 4.09. The molecule has 1 aromatic heterocycles. The molecule has 2 aliphatic rings. The highest BCUT2D eigenvalue weighted by molar-refractivity contribution is 5.87. The van der Waals surface area contributed by atoms with Crippen molar-refractivity contribution in [3.05, 3.63) is 71.4 Å². The molecule has 1 saturated carbocycles. The number of para-hydroxylation sites is 1. The Labute approximate surface area is 191 Å². The molecule has 3 aromatic rings. The predicted octanol–water partition coefficient (Wildman–Crippen LogP) is 6.17. The first-order valence-corrected chi connectivity index (χ1v) is 12.2. The number of H-pyrrole nitrogens is 1. The average Bonchev–Trinajstić information content (AvgIpc) is 3.17. The summed E-state index contributed by atoms with van der Waals surface area (Å²) < 4.78 is 5.81. The summed E-state index contributed by atoms with van der Waals surface area (Å²) in [6, 6.07) is 19.1. The van der Waals surface area contributed by atoms with Crippen molar-refractivity contribution in [2.45, 2.75) is 77.1 Å². The highest BCUT2D eigenvalue weighted by atomic mass is 16.5. The van der Waals surface area contributed by atoms with Gasteiger partial charge in [0.15, 0.2) is 0 Å². The van der Waals surface area contributed by atoms with Gasteiger partial charge in [0.05, 0.1) is 12.1 Å². The highest BCUT2D eigenvalue weighted by Crippen LogP contribution is 2.46. The number of aromatic amines is 1. The number of benzene rings is 2. The maximum absolute atomic E-state index is 13.4. The number of carbonyl (C=O) groups excluding carboxylic acids is 1. The Bertz CT molecular complexity index is 1070. The van der Waals surface area contributed by atoms with Crippen LogP contribution in [0.1, 0.15) is 68.8 Å². The molecule has 1 aliphatic heterocycles. The van der Waals surface area contributed by atoms with Gasteiger partial charge in [0, 0.05) is 29.6 Å². The SMILES string of the molecule is CC(C)OC(=O)[C@H]1Cc2c([nH]c3ccccc23)[C@H](C2CCCCC2)N1Cc1ccccc1. The number of rotatable bonds is 5. The molecular formula is C28H34N2O2. The summed E-state index contributed by atoms with van der Waals surface area (Å²) in [5, 5.41) is 1.25. The number of nitrogens with zero attached hydrogens (tertiary/aromatic N) is 1. The Hall–Kier alpha value is -2.59. The van der Waals surface area contributed by atoms with Crippen molar-refractivity contribution < 1.29 is 9.53 Å². The quantitative estimate of drug-likeness (QED) is 0.493. The fraction of sp³-hybridized carbons (Fsp3) is 0.464. The van der Waals surface area contributed by atoms with E-state index in [0.717, 1.165) is 6.54 Å². The van der Waals surface area contributed by atoms with Crippen LogP contribution in [0.3, 0.4) is 0 Å². The second-order valence-electron chi connectivity index (χ2n) is 9.77. The predicted molar refractivity (Wildman–Crippen MR) is 128 cm³/mol. The molecule has 2 aromatic carbocycles. The van der Waals surface area contributed by atoms with Crippen molar-refractivity contribution in [3.63, 3.8) is 0 Å². The van der Waals surface area contributed by atoms with Gasteiger partial charge in [0.25, 0.3) is 0 Å². The lowest BCUT2D eigenvalue weighted by Crippen LogP contribution is -2.51. The fourth-order valence-corrected chi connectivity index (χ4v) is 5.85. The summed E-state index contributed by atoms with van der Waals surface area (Å²) in [5.74, 6) is 0.460. The number of aromatic nitrogens is 1. The smallest absolute Gasteiger partial charge is 0.323 e. The van der Waals surface area contributed by atoms with Crippen molar-refractivity contribution in [2.75, 3.05) is 0 Å². The lowest BCUT2D eigenvalue weighted by molar-refractivity contribution is -0.157. The van der Waals surface area contributed by atoms with Crippen molar-refractivity contribution in [3.8, 4) is 0 Å². The van der Waals surface area contributed by atoms with Crippen molar-refractivity contribution in [1.82, 2.24) is 9.88 Å². The molecule has 0 radical (unpaired) electrons. The molecule has 1 N–H and O–H groups in total. The summed E-state index contributed by atoms with van der Waals surface area (Å²) in [6.07, 6.45) is 6.89. The molecule has 1 fully saturated rings. The molecule has 168 valence electrons. The lowest BCUT2D eigenvalue weighted by Gasteiger charge is -2.45. The maximum Gasteiger partial charge on any atom is 0.323 e. The van der Waals surface area contributed by atoms with Gasteiger partial charge in [-0.15, -0.1) is 0 Å². The van der Waals surface area contributed by atoms with E-state index in [1.54, 1.807) is 0 Å². The third-order valence-electron chi connectivity index (χ3n) is 7.23. The number of esters is 1. The minimum Gasteiger partial charge on any atom is -0.462 e. The summed E-state index contributed by atoms with van der Waals surface area (Å²) in [5.41, 5.74) is 5.06. The summed E-state index contributed by atoms with van der Waals surface area (Å²) in [7, 11) is 0. The van der Waals surface area contributed by atoms with Crippen molar-refractivity contribution >= 4 is 16.9 Å². The van der Waals surface area contributed by atoms with Gasteiger partial charge in [-0.3, -0.25) is 9.69 Å². The van der Waals surface area contributed by atoms with E-state index in [1.165, 1.54) is 59.8 Å². The maximum atomic E-state index is 13.4. The zero-order valence-electron chi connectivity index (χ0n) is 19.2. The van der Waals surface area contributed by atoms with E-state index >= 15 is 0 Å². The largest absolute Gasteiger partial charge is 0.462 e. The van der Waals surface area contributed by atoms with Crippen molar-refractivity contribution in [2.24, 2.45) is 5.92 Å². The van der Waals surface area contributed by atoms with E-state index in [2.05, 4.69) is 64.5 Å². The zero-order chi connectivity index (χ0) is 22.1. The first-order chi connectivity index (χ1) is 15.6. The molecule has 2 heterocycles. The minimum absolute atomic E-state index is 0.0901. The number of ether oxygens (including phenoxy) is 1. The van der Waals surface area contributed by atoms with E-state index < -0.39 is 0 Å². The first kappa shape index (κ1) is 21.3. The Kier molecular flexibility index (Phi) is 6.05. The lowest BCUT2D eigenvalue weighted by atomic mass is 9.77. The number of nitrogens with one attached hydrogen (secondary N) is 1. The van der Waals surface area contributed by atoms with Crippen molar-refractivity contribution in [1.29, 1.82) is 0 Å². The van der Waals surface area contributed by atoms with E-state index in [1.807, 2.05) is 13.8 Å². The number of fused-ring (bicyclic) bond motifs is 3. The molecule has 4 heteroatoms. The molecule has 0 spiro atoms. The van der Waals surface area contributed by atoms with Crippen LogP contribution in [0.5, 0.6) is 0 Å². The second-order valence-corrected chi connectivity index (χ2v) is 9.77. The molecule has 32 heavy (non-hydrogen) atoms. The van der Waals surface area contributed by atoms with Crippen LogP contribution < -0.4 is 0 Å². The van der Waals surface area contributed by atoms with Gasteiger partial charge in [0.2, 0.25) is 0 Å². The molecular weight excluding hydrogens is 396 g/mol. The summed E-state index contributed by atoms with van der Waals surface area (Å²) in [4.78, 5) is 19.7. The normalized spacial score (nSPS) is 22.2. The molecule has 1 aliphatic carbocycles. The number of hydrogen-bond donors (Lipinski definition) is 1. The average molecular weight is 431 g/mol. The van der Waals surface area contributed by atoms with Crippen LogP contribution in [0.25, 0.3) is 10.9 Å². The zero-order valence-corrected chi connectivity index (χ0v) is 19.2. The van der Waals surface area contributed by atoms with Gasteiger partial charge < -0.3 is 9.72 Å². The van der Waals surface area contributed by atoms with Gasteiger partial charge in [-0.1, -0.05) is 67.8 Å². The Morgan fingerprint density at radius 2 is 1.75 bits per heavy atom. The standard InChI is InChI=1S/C28H34N2O2/c1-19(2)32-28(31)25-17-23-22-15-9-10-16-24(22)29-26(23)27(21-13-7-4-8-14-21)30(25)18-20-11-5-3-6-12-20/h3,5-6,9-12,15-16,19,21,25,27,29H,4,7-8,13-14,17-18H2,1-2H3/t25-,27+/m1/s1. The van der Waals surface area contributed by atoms with Crippen LogP contribution in [0.15, 0.2) is 54.6 Å². The molecule has 0 saturated heterocycles. The van der Waals surface area contributed by atoms with Crippen LogP contribution >= 0.6 is 0 Å². The second kappa shape index (κ2) is 9.11. The molecule has 0 unspecified atom stereocenters. The summed E-state index contributed by atoms with van der Waals surface area (Å²) in [6.45, 7) is 4.64. The molecule has 4 nitrogen and oxygen atoms in total. The first-order valence-electron chi connectivity index (χ1n) is 12.2. The Morgan fingerprint density at radius 3 is 2.50 bits per heavy atom. The fourth-order valence-electron chi connectivity index (χ4n) is 5.85. The Balaban J connectivity index is 1.63. The van der Waals surface area contributed by atoms with Gasteiger partial charge in [-0.25, -0.2) is 0 Å². The van der Waals surface area contributed by atoms with E-state index in [9.17, 15) is 4.79 Å². The summed E-state index contributed by atoms with van der Waals surface area (Å²) >= 11 is 0. The molecule has 5 rings (SSSR count). The Morgan fingerprint density at radius 1 is 1.03 bits per heavy atom. The topological polar surface area (TPSA) is 45.3 Å². The van der Waals surface area contributed by atoms with E-state index in [0.29, 0.717) is 12.3 Å². The van der Waals surface area contributed by atoms with E-state index in [-0.39, 0.29) is 24.2 Å². The monoisotopic (exact) mass is 430 g/mol. The van der Waals surface area contributed by atoms with Gasteiger partial charge in [0.1, 0.15) is 6.04 Å². The number of hydrogen-bond acceptors (Lipinski definition) is 3. The molecule has 2 atom stereocenters. The van der Waals surface area contributed by atoms with Crippen LogP contribution in [0.4, 0.5) is 0 Å². The highest BCUT2D eigenvalue weighted by Gasteiger charge is 2.44. The minimum atomic E-state index is -0.267. The van der Waals surface area contributed by atoms with Crippen LogP contribution in [-0.2, 0) is 22.5 Å². The number of carbonyl (C=O) groups is 1. The van der Waals surface area contributed by atoms with E-state index in [4.69, 9.17) is 4.74 Å². The van der Waals surface area contributed by atoms with Gasteiger partial charge in [-0.2, -0.15) is 0 Å². The van der Waals surface area contributed by atoms with Crippen LogP contribution in [-0.4, -0.2) is 28.0 Å². The van der Waals surface area contributed by atoms with Gasteiger partial charge in [-0.05, 0) is 49.8 Å². The van der Waals surface area contributed by atoms with Crippen LogP contribution in [0, 0.1) is 5.92 Å².